The molecule has 2 aliphatic rings. The van der Waals surface area contributed by atoms with Gasteiger partial charge in [0.1, 0.15) is 36.2 Å². The standard InChI is InChI=1S/C23H33F2N3O6/c1-17(29)27-5-3-22(31,4-6-27)13-26-7-8-28(21(30)12-33-2)15-23(32,14-26)16-34-20-10-18(24)9-19(25)11-20/h9-11,31-32H,3-8,12-16H2,1-2H3/t23-/m0/s1. The molecule has 2 heterocycles. The van der Waals surface area contributed by atoms with Gasteiger partial charge in [-0.25, -0.2) is 8.78 Å². The molecule has 0 radical (unpaired) electrons. The highest BCUT2D eigenvalue weighted by Crippen LogP contribution is 2.26. The van der Waals surface area contributed by atoms with Gasteiger partial charge in [0, 0.05) is 71.5 Å². The molecule has 1 aromatic rings. The monoisotopic (exact) mass is 485 g/mol. The minimum Gasteiger partial charge on any atom is -0.490 e. The van der Waals surface area contributed by atoms with E-state index in [-0.39, 0.29) is 50.4 Å². The maximum Gasteiger partial charge on any atom is 0.248 e. The minimum atomic E-state index is -1.57. The summed E-state index contributed by atoms with van der Waals surface area (Å²) in [6.45, 7) is 2.83. The van der Waals surface area contributed by atoms with E-state index in [0.717, 1.165) is 18.2 Å². The SMILES string of the molecule is COCC(=O)N1CCN(CC2(O)CCN(C(C)=O)CC2)C[C@@](O)(COc2cc(F)cc(F)c2)C1. The number of halogens is 2. The lowest BCUT2D eigenvalue weighted by Gasteiger charge is -2.41. The summed E-state index contributed by atoms with van der Waals surface area (Å²) in [6, 6.07) is 2.75. The zero-order valence-electron chi connectivity index (χ0n) is 19.6. The molecule has 2 fully saturated rings. The van der Waals surface area contributed by atoms with Crippen LogP contribution < -0.4 is 4.74 Å². The number of carbonyl (C=O) groups excluding carboxylic acids is 2. The number of piperidine rings is 1. The summed E-state index contributed by atoms with van der Waals surface area (Å²) in [7, 11) is 1.40. The number of carbonyl (C=O) groups is 2. The third kappa shape index (κ3) is 7.08. The molecule has 9 nitrogen and oxygen atoms in total. The first-order chi connectivity index (χ1) is 16.0. The van der Waals surface area contributed by atoms with Crippen molar-refractivity contribution in [3.8, 4) is 5.75 Å². The van der Waals surface area contributed by atoms with Crippen molar-refractivity contribution >= 4 is 11.8 Å². The molecular weight excluding hydrogens is 452 g/mol. The molecule has 3 rings (SSSR count). The molecule has 2 N–H and O–H groups in total. The highest BCUT2D eigenvalue weighted by atomic mass is 19.1. The van der Waals surface area contributed by atoms with Crippen LogP contribution in [-0.2, 0) is 14.3 Å². The van der Waals surface area contributed by atoms with E-state index in [9.17, 15) is 28.6 Å². The highest BCUT2D eigenvalue weighted by Gasteiger charge is 2.41. The van der Waals surface area contributed by atoms with Gasteiger partial charge < -0.3 is 29.5 Å². The molecule has 0 spiro atoms. The van der Waals surface area contributed by atoms with Gasteiger partial charge in [-0.05, 0) is 12.8 Å². The fraction of sp³-hybridized carbons (Fsp3) is 0.652. The number of hydrogen-bond donors (Lipinski definition) is 2. The Morgan fingerprint density at radius 1 is 0.971 bits per heavy atom. The Morgan fingerprint density at radius 2 is 1.62 bits per heavy atom. The molecule has 0 aliphatic carbocycles. The van der Waals surface area contributed by atoms with Crippen LogP contribution in [0.4, 0.5) is 8.78 Å². The van der Waals surface area contributed by atoms with Gasteiger partial charge in [-0.15, -0.1) is 0 Å². The summed E-state index contributed by atoms with van der Waals surface area (Å²) in [6.07, 6.45) is 0.791. The van der Waals surface area contributed by atoms with E-state index in [1.165, 1.54) is 18.9 Å². The van der Waals surface area contributed by atoms with Crippen LogP contribution in [0.2, 0.25) is 0 Å². The van der Waals surface area contributed by atoms with Crippen molar-refractivity contribution in [2.75, 3.05) is 66.1 Å². The average molecular weight is 486 g/mol. The van der Waals surface area contributed by atoms with Crippen LogP contribution in [0, 0.1) is 11.6 Å². The third-order valence-electron chi connectivity index (χ3n) is 6.31. The van der Waals surface area contributed by atoms with E-state index in [4.69, 9.17) is 9.47 Å². The predicted octanol–water partition coefficient (Wildman–Crippen LogP) is 0.239. The Kier molecular flexibility index (Phi) is 8.45. The number of benzene rings is 1. The molecule has 1 aromatic carbocycles. The largest absolute Gasteiger partial charge is 0.490 e. The molecular formula is C23H33F2N3O6. The summed E-state index contributed by atoms with van der Waals surface area (Å²) in [5.74, 6) is -2.04. The van der Waals surface area contributed by atoms with Crippen molar-refractivity contribution in [3.63, 3.8) is 0 Å². The summed E-state index contributed by atoms with van der Waals surface area (Å²) < 4.78 is 37.5. The number of methoxy groups -OCH3 is 1. The van der Waals surface area contributed by atoms with Crippen molar-refractivity contribution in [1.82, 2.24) is 14.7 Å². The van der Waals surface area contributed by atoms with Gasteiger partial charge in [-0.2, -0.15) is 0 Å². The summed E-state index contributed by atoms with van der Waals surface area (Å²) in [4.78, 5) is 29.1. The number of β-amino-alcohol motifs (C(OH)–C–C–N with tert-alkyl or cyclic N) is 2. The summed E-state index contributed by atoms with van der Waals surface area (Å²) in [5.41, 5.74) is -2.62. The molecule has 0 aromatic heterocycles. The smallest absolute Gasteiger partial charge is 0.248 e. The fourth-order valence-electron chi connectivity index (χ4n) is 4.54. The van der Waals surface area contributed by atoms with Gasteiger partial charge >= 0.3 is 0 Å². The van der Waals surface area contributed by atoms with Gasteiger partial charge in [-0.1, -0.05) is 0 Å². The van der Waals surface area contributed by atoms with Crippen molar-refractivity contribution in [3.05, 3.63) is 29.8 Å². The Morgan fingerprint density at radius 3 is 2.21 bits per heavy atom. The third-order valence-corrected chi connectivity index (χ3v) is 6.31. The molecule has 0 unspecified atom stereocenters. The van der Waals surface area contributed by atoms with Crippen LogP contribution in [0.25, 0.3) is 0 Å². The van der Waals surface area contributed by atoms with E-state index in [1.54, 1.807) is 4.90 Å². The molecule has 0 saturated carbocycles. The van der Waals surface area contributed by atoms with Crippen LogP contribution in [0.15, 0.2) is 18.2 Å². The van der Waals surface area contributed by atoms with Gasteiger partial charge in [0.15, 0.2) is 0 Å². The maximum atomic E-state index is 13.5. The number of rotatable bonds is 7. The molecule has 11 heteroatoms. The van der Waals surface area contributed by atoms with E-state index in [2.05, 4.69) is 0 Å². The number of nitrogens with zero attached hydrogens (tertiary/aromatic N) is 3. The van der Waals surface area contributed by atoms with Crippen molar-refractivity contribution < 1.29 is 38.1 Å². The number of likely N-dealkylation sites (tertiary alicyclic amines) is 1. The number of amides is 2. The van der Waals surface area contributed by atoms with Crippen molar-refractivity contribution in [1.29, 1.82) is 0 Å². The summed E-state index contributed by atoms with van der Waals surface area (Å²) in [5, 5.41) is 22.6. The predicted molar refractivity (Wildman–Crippen MR) is 118 cm³/mol. The second-order valence-electron chi connectivity index (χ2n) is 9.31. The fourth-order valence-corrected chi connectivity index (χ4v) is 4.54. The lowest BCUT2D eigenvalue weighted by Crippen LogP contribution is -2.56. The molecule has 2 amide bonds. The maximum absolute atomic E-state index is 13.5. The molecule has 0 bridgehead atoms. The normalized spacial score (nSPS) is 23.5. The van der Waals surface area contributed by atoms with Gasteiger partial charge in [0.25, 0.3) is 0 Å². The van der Waals surface area contributed by atoms with Gasteiger partial charge in [-0.3, -0.25) is 14.5 Å². The van der Waals surface area contributed by atoms with Gasteiger partial charge in [0.05, 0.1) is 12.1 Å². The van der Waals surface area contributed by atoms with Crippen LogP contribution >= 0.6 is 0 Å². The number of ether oxygens (including phenoxy) is 2. The van der Waals surface area contributed by atoms with Gasteiger partial charge in [0.2, 0.25) is 11.8 Å². The van der Waals surface area contributed by atoms with Crippen molar-refractivity contribution in [2.45, 2.75) is 31.0 Å². The second-order valence-corrected chi connectivity index (χ2v) is 9.31. The van der Waals surface area contributed by atoms with Crippen LogP contribution in [0.3, 0.4) is 0 Å². The molecule has 190 valence electrons. The highest BCUT2D eigenvalue weighted by molar-refractivity contribution is 5.77. The number of aliphatic hydroxyl groups is 2. The molecule has 34 heavy (non-hydrogen) atoms. The molecule has 1 atom stereocenters. The first-order valence-electron chi connectivity index (χ1n) is 11.3. The Bertz CT molecular complexity index is 860. The Balaban J connectivity index is 1.73. The molecule has 2 saturated heterocycles. The van der Waals surface area contributed by atoms with Crippen molar-refractivity contribution in [2.24, 2.45) is 0 Å². The first-order valence-corrected chi connectivity index (χ1v) is 11.3. The number of hydrogen-bond acceptors (Lipinski definition) is 7. The lowest BCUT2D eigenvalue weighted by molar-refractivity contribution is -0.139. The van der Waals surface area contributed by atoms with Crippen LogP contribution in [0.5, 0.6) is 5.75 Å². The van der Waals surface area contributed by atoms with E-state index >= 15 is 0 Å². The first kappa shape index (κ1) is 26.3. The topological polar surface area (TPSA) is 103 Å². The zero-order chi connectivity index (χ0) is 24.9. The van der Waals surface area contributed by atoms with E-state index in [1.807, 2.05) is 4.90 Å². The quantitative estimate of drug-likeness (QED) is 0.570. The Hall–Kier alpha value is -2.34. The lowest BCUT2D eigenvalue weighted by atomic mass is 9.90. The second kappa shape index (κ2) is 10.9. The average Bonchev–Trinajstić information content (AvgIpc) is 2.91. The van der Waals surface area contributed by atoms with E-state index < -0.39 is 22.8 Å². The van der Waals surface area contributed by atoms with E-state index in [0.29, 0.717) is 39.0 Å². The molecule has 2 aliphatic heterocycles. The Labute approximate surface area is 197 Å². The zero-order valence-corrected chi connectivity index (χ0v) is 19.6. The van der Waals surface area contributed by atoms with Crippen LogP contribution in [0.1, 0.15) is 19.8 Å². The van der Waals surface area contributed by atoms with Crippen LogP contribution in [-0.4, -0.2) is 114 Å². The summed E-state index contributed by atoms with van der Waals surface area (Å²) >= 11 is 0. The minimum absolute atomic E-state index is 0.0376.